The molecule has 5 heteroatoms. The monoisotopic (exact) mass is 328 g/mol. The second-order valence-electron chi connectivity index (χ2n) is 6.35. The molecule has 24 heavy (non-hydrogen) atoms. The van der Waals surface area contributed by atoms with Crippen molar-refractivity contribution in [2.45, 2.75) is 32.0 Å². The minimum Gasteiger partial charge on any atom is -0.467 e. The number of aliphatic hydroxyl groups is 1. The summed E-state index contributed by atoms with van der Waals surface area (Å²) in [6, 6.07) is 13.7. The summed E-state index contributed by atoms with van der Waals surface area (Å²) >= 11 is 0. The average molecular weight is 328 g/mol. The Morgan fingerprint density at radius 2 is 2.04 bits per heavy atom. The molecule has 1 aromatic heterocycles. The first-order chi connectivity index (χ1) is 11.7. The van der Waals surface area contributed by atoms with E-state index in [1.54, 1.807) is 6.26 Å². The van der Waals surface area contributed by atoms with E-state index in [0.29, 0.717) is 26.2 Å². The zero-order valence-corrected chi connectivity index (χ0v) is 13.8. The molecule has 1 N–H and O–H groups in total. The van der Waals surface area contributed by atoms with E-state index < -0.39 is 0 Å². The molecule has 1 fully saturated rings. The van der Waals surface area contributed by atoms with Crippen LogP contribution < -0.4 is 0 Å². The summed E-state index contributed by atoms with van der Waals surface area (Å²) in [5.41, 5.74) is 1.09. The molecule has 3 rings (SSSR count). The van der Waals surface area contributed by atoms with E-state index in [9.17, 15) is 9.90 Å². The highest BCUT2D eigenvalue weighted by Crippen LogP contribution is 2.14. The van der Waals surface area contributed by atoms with Crippen molar-refractivity contribution in [1.29, 1.82) is 0 Å². The molecule has 0 bridgehead atoms. The molecule has 2 aromatic rings. The van der Waals surface area contributed by atoms with Crippen molar-refractivity contribution in [3.8, 4) is 0 Å². The van der Waals surface area contributed by atoms with Gasteiger partial charge in [-0.25, -0.2) is 0 Å². The molecule has 1 aromatic carbocycles. The number of amides is 1. The lowest BCUT2D eigenvalue weighted by molar-refractivity contribution is -0.134. The highest BCUT2D eigenvalue weighted by atomic mass is 16.3. The van der Waals surface area contributed by atoms with Gasteiger partial charge in [0.15, 0.2) is 0 Å². The summed E-state index contributed by atoms with van der Waals surface area (Å²) in [5.74, 6) is 0.835. The van der Waals surface area contributed by atoms with E-state index in [4.69, 9.17) is 4.42 Å². The fraction of sp³-hybridized carbons (Fsp3) is 0.421. The van der Waals surface area contributed by atoms with Crippen molar-refractivity contribution >= 4 is 5.91 Å². The first kappa shape index (κ1) is 16.7. The Morgan fingerprint density at radius 1 is 1.21 bits per heavy atom. The van der Waals surface area contributed by atoms with Gasteiger partial charge in [-0.3, -0.25) is 9.69 Å². The molecule has 1 aliphatic heterocycles. The Morgan fingerprint density at radius 3 is 2.75 bits per heavy atom. The predicted molar refractivity (Wildman–Crippen MR) is 91.1 cm³/mol. The molecule has 0 radical (unpaired) electrons. The normalized spacial score (nSPS) is 18.5. The third-order valence-electron chi connectivity index (χ3n) is 4.34. The summed E-state index contributed by atoms with van der Waals surface area (Å²) in [6.45, 7) is 2.78. The van der Waals surface area contributed by atoms with Gasteiger partial charge in [0.2, 0.25) is 5.91 Å². The number of likely N-dealkylation sites (tertiary alicyclic amines) is 1. The zero-order chi connectivity index (χ0) is 16.8. The number of carbonyl (C=O) groups is 1. The largest absolute Gasteiger partial charge is 0.467 e. The van der Waals surface area contributed by atoms with Crippen LogP contribution in [0.15, 0.2) is 53.1 Å². The number of piperidine rings is 1. The average Bonchev–Trinajstić information content (AvgIpc) is 3.08. The van der Waals surface area contributed by atoms with Crippen molar-refractivity contribution in [3.63, 3.8) is 0 Å². The Labute approximate surface area is 142 Å². The maximum Gasteiger partial charge on any atom is 0.237 e. The zero-order valence-electron chi connectivity index (χ0n) is 13.8. The van der Waals surface area contributed by atoms with Gasteiger partial charge in [0.1, 0.15) is 5.76 Å². The molecule has 1 saturated heterocycles. The van der Waals surface area contributed by atoms with Crippen LogP contribution in [0.3, 0.4) is 0 Å². The third-order valence-corrected chi connectivity index (χ3v) is 4.34. The molecule has 1 unspecified atom stereocenters. The number of rotatable bonds is 6. The number of hydrogen-bond donors (Lipinski definition) is 1. The second kappa shape index (κ2) is 8.13. The second-order valence-corrected chi connectivity index (χ2v) is 6.35. The summed E-state index contributed by atoms with van der Waals surface area (Å²) in [5, 5.41) is 9.79. The molecule has 1 amide bonds. The Kier molecular flexibility index (Phi) is 5.67. The van der Waals surface area contributed by atoms with Gasteiger partial charge in [-0.2, -0.15) is 0 Å². The number of furan rings is 1. The Balaban J connectivity index is 1.67. The third kappa shape index (κ3) is 4.69. The lowest BCUT2D eigenvalue weighted by Crippen LogP contribution is -2.45. The summed E-state index contributed by atoms with van der Waals surface area (Å²) < 4.78 is 5.41. The molecular weight excluding hydrogens is 304 g/mol. The van der Waals surface area contributed by atoms with Gasteiger partial charge in [0.25, 0.3) is 0 Å². The van der Waals surface area contributed by atoms with Crippen LogP contribution >= 0.6 is 0 Å². The van der Waals surface area contributed by atoms with Gasteiger partial charge in [0, 0.05) is 13.1 Å². The van der Waals surface area contributed by atoms with Gasteiger partial charge in [0.05, 0.1) is 25.5 Å². The summed E-state index contributed by atoms with van der Waals surface area (Å²) in [4.78, 5) is 16.7. The highest BCUT2D eigenvalue weighted by molar-refractivity contribution is 5.78. The quantitative estimate of drug-likeness (QED) is 0.884. The van der Waals surface area contributed by atoms with Crippen LogP contribution in [-0.2, 0) is 17.9 Å². The number of hydrogen-bond acceptors (Lipinski definition) is 4. The Hall–Kier alpha value is -2.11. The van der Waals surface area contributed by atoms with E-state index >= 15 is 0 Å². The number of β-amino-alcohol motifs (C(OH)–C–C–N with tert-alkyl or cyclic N) is 1. The lowest BCUT2D eigenvalue weighted by Gasteiger charge is -2.31. The van der Waals surface area contributed by atoms with Crippen LogP contribution in [0.2, 0.25) is 0 Å². The Bertz CT molecular complexity index is 627. The van der Waals surface area contributed by atoms with Crippen molar-refractivity contribution < 1.29 is 14.3 Å². The highest BCUT2D eigenvalue weighted by Gasteiger charge is 2.23. The van der Waals surface area contributed by atoms with E-state index in [1.807, 2.05) is 52.3 Å². The van der Waals surface area contributed by atoms with Crippen LogP contribution in [0.4, 0.5) is 0 Å². The molecule has 0 spiro atoms. The van der Waals surface area contributed by atoms with E-state index in [1.165, 1.54) is 0 Å². The molecule has 1 aliphatic rings. The SMILES string of the molecule is O=C(CN1CCCC(O)C1)N(Cc1ccccc1)Cc1ccco1. The van der Waals surface area contributed by atoms with Gasteiger partial charge >= 0.3 is 0 Å². The smallest absolute Gasteiger partial charge is 0.237 e. The maximum atomic E-state index is 12.8. The molecule has 5 nitrogen and oxygen atoms in total. The molecule has 0 aliphatic carbocycles. The molecular formula is C19H24N2O3. The predicted octanol–water partition coefficient (Wildman–Crippen LogP) is 2.27. The topological polar surface area (TPSA) is 56.9 Å². The van der Waals surface area contributed by atoms with Crippen molar-refractivity contribution in [2.75, 3.05) is 19.6 Å². The standard InChI is InChI=1S/C19H24N2O3/c22-17-8-4-10-20(13-17)15-19(23)21(14-18-9-5-11-24-18)12-16-6-2-1-3-7-16/h1-3,5-7,9,11,17,22H,4,8,10,12-15H2. The lowest BCUT2D eigenvalue weighted by atomic mass is 10.1. The first-order valence-corrected chi connectivity index (χ1v) is 8.45. The summed E-state index contributed by atoms with van der Waals surface area (Å²) in [7, 11) is 0. The van der Waals surface area contributed by atoms with E-state index in [2.05, 4.69) is 0 Å². The first-order valence-electron chi connectivity index (χ1n) is 8.45. The van der Waals surface area contributed by atoms with Gasteiger partial charge < -0.3 is 14.4 Å². The van der Waals surface area contributed by atoms with E-state index in [-0.39, 0.29) is 12.0 Å². The van der Waals surface area contributed by atoms with Crippen molar-refractivity contribution in [3.05, 3.63) is 60.1 Å². The van der Waals surface area contributed by atoms with Crippen LogP contribution in [0.25, 0.3) is 0 Å². The number of nitrogens with zero attached hydrogens (tertiary/aromatic N) is 2. The number of carbonyl (C=O) groups excluding carboxylic acids is 1. The van der Waals surface area contributed by atoms with Crippen LogP contribution in [0.1, 0.15) is 24.2 Å². The minimum absolute atomic E-state index is 0.0596. The molecule has 128 valence electrons. The molecule has 1 atom stereocenters. The number of aliphatic hydroxyl groups excluding tert-OH is 1. The molecule has 2 heterocycles. The van der Waals surface area contributed by atoms with Crippen LogP contribution in [0.5, 0.6) is 0 Å². The maximum absolute atomic E-state index is 12.8. The fourth-order valence-corrected chi connectivity index (χ4v) is 3.09. The van der Waals surface area contributed by atoms with Crippen molar-refractivity contribution in [2.24, 2.45) is 0 Å². The van der Waals surface area contributed by atoms with Gasteiger partial charge in [-0.05, 0) is 37.1 Å². The van der Waals surface area contributed by atoms with Crippen molar-refractivity contribution in [1.82, 2.24) is 9.80 Å². The molecule has 0 saturated carbocycles. The van der Waals surface area contributed by atoms with Gasteiger partial charge in [-0.15, -0.1) is 0 Å². The van der Waals surface area contributed by atoms with Crippen LogP contribution in [-0.4, -0.2) is 46.6 Å². The van der Waals surface area contributed by atoms with Crippen LogP contribution in [0, 0.1) is 0 Å². The van der Waals surface area contributed by atoms with Gasteiger partial charge in [-0.1, -0.05) is 30.3 Å². The number of benzene rings is 1. The summed E-state index contributed by atoms with van der Waals surface area (Å²) in [6.07, 6.45) is 3.07. The minimum atomic E-state index is -0.320. The van der Waals surface area contributed by atoms with E-state index in [0.717, 1.165) is 30.7 Å². The fourth-order valence-electron chi connectivity index (χ4n) is 3.09.